The Balaban J connectivity index is 1.52. The molecule has 124 valence electrons. The largest absolute Gasteiger partial charge is 0.274 e. The minimum atomic E-state index is -0.146. The van der Waals surface area contributed by atoms with E-state index in [1.165, 1.54) is 10.5 Å². The molecule has 2 fully saturated rings. The molecule has 0 radical (unpaired) electrons. The number of fused-ring (bicyclic) bond motifs is 5. The molecule has 1 aliphatic heterocycles. The summed E-state index contributed by atoms with van der Waals surface area (Å²) in [6, 6.07) is 18.0. The molecular weight excluding hydrogens is 310 g/mol. The zero-order chi connectivity index (χ0) is 17.0. The lowest BCUT2D eigenvalue weighted by atomic mass is 9.85. The number of hydrogen-bond acceptors (Lipinski definition) is 2. The van der Waals surface area contributed by atoms with Gasteiger partial charge < -0.3 is 0 Å². The van der Waals surface area contributed by atoms with Crippen LogP contribution >= 0.6 is 0 Å². The molecule has 25 heavy (non-hydrogen) atoms. The van der Waals surface area contributed by atoms with Crippen LogP contribution in [0.1, 0.15) is 17.5 Å². The summed E-state index contributed by atoms with van der Waals surface area (Å²) in [6.45, 7) is 0. The Morgan fingerprint density at radius 3 is 2.08 bits per heavy atom. The van der Waals surface area contributed by atoms with Crippen LogP contribution in [0.4, 0.5) is 5.69 Å². The lowest BCUT2D eigenvalue weighted by Gasteiger charge is -2.20. The summed E-state index contributed by atoms with van der Waals surface area (Å²) in [7, 11) is 0. The number of nitrogens with zero attached hydrogens (tertiary/aromatic N) is 1. The van der Waals surface area contributed by atoms with E-state index >= 15 is 0 Å². The quantitative estimate of drug-likeness (QED) is 0.637. The molecule has 4 atom stereocenters. The number of imide groups is 1. The van der Waals surface area contributed by atoms with Crippen LogP contribution in [0.25, 0.3) is 0 Å². The Morgan fingerprint density at radius 2 is 1.40 bits per heavy atom. The van der Waals surface area contributed by atoms with Crippen LogP contribution in [0.5, 0.6) is 0 Å². The molecular formula is C22H19NO2. The third kappa shape index (κ3) is 2.12. The van der Waals surface area contributed by atoms with Crippen molar-refractivity contribution in [2.75, 3.05) is 4.90 Å². The van der Waals surface area contributed by atoms with E-state index in [0.29, 0.717) is 6.42 Å². The highest BCUT2D eigenvalue weighted by molar-refractivity contribution is 6.23. The summed E-state index contributed by atoms with van der Waals surface area (Å²) in [4.78, 5) is 27.6. The zero-order valence-corrected chi connectivity index (χ0v) is 13.8. The molecule has 1 saturated heterocycles. The summed E-state index contributed by atoms with van der Waals surface area (Å²) in [6.07, 6.45) is 5.95. The SMILES string of the molecule is O=C1[C@@H]2[C@@H](C(=O)N1c1ccccc1Cc1ccccc1)[C@H]1C=C[C@H]2C1. The van der Waals surface area contributed by atoms with E-state index < -0.39 is 0 Å². The molecule has 2 bridgehead atoms. The van der Waals surface area contributed by atoms with Gasteiger partial charge in [0, 0.05) is 0 Å². The standard InChI is InChI=1S/C22H19NO2/c24-21-19-16-10-11-17(13-16)20(19)22(25)23(21)18-9-5-4-8-15(18)12-14-6-2-1-3-7-14/h1-11,16-17,19-20H,12-13H2/t16-,17-,19-,20-/m0/s1. The van der Waals surface area contributed by atoms with Crippen molar-refractivity contribution in [3.63, 3.8) is 0 Å². The molecule has 1 saturated carbocycles. The number of rotatable bonds is 3. The van der Waals surface area contributed by atoms with Crippen molar-refractivity contribution in [1.29, 1.82) is 0 Å². The van der Waals surface area contributed by atoms with Crippen molar-refractivity contribution in [3.05, 3.63) is 77.9 Å². The third-order valence-electron chi connectivity index (χ3n) is 5.94. The van der Waals surface area contributed by atoms with Crippen molar-refractivity contribution in [2.24, 2.45) is 23.7 Å². The fourth-order valence-corrected chi connectivity index (χ4v) is 4.83. The number of carbonyl (C=O) groups excluding carboxylic acids is 2. The number of para-hydroxylation sites is 1. The molecule has 1 heterocycles. The first-order chi connectivity index (χ1) is 12.2. The molecule has 2 amide bonds. The van der Waals surface area contributed by atoms with Gasteiger partial charge in [0.2, 0.25) is 11.8 Å². The van der Waals surface area contributed by atoms with E-state index in [-0.39, 0.29) is 35.5 Å². The predicted molar refractivity (Wildman–Crippen MR) is 95.9 cm³/mol. The van der Waals surface area contributed by atoms with Crippen molar-refractivity contribution in [2.45, 2.75) is 12.8 Å². The minimum absolute atomic E-state index is 0.00707. The predicted octanol–water partition coefficient (Wildman–Crippen LogP) is 3.59. The second kappa shape index (κ2) is 5.41. The van der Waals surface area contributed by atoms with Crippen molar-refractivity contribution < 1.29 is 9.59 Å². The Hall–Kier alpha value is -2.68. The van der Waals surface area contributed by atoms with Crippen LogP contribution in [-0.2, 0) is 16.0 Å². The van der Waals surface area contributed by atoms with Gasteiger partial charge in [0.25, 0.3) is 0 Å². The molecule has 0 aromatic heterocycles. The van der Waals surface area contributed by atoms with Gasteiger partial charge in [-0.3, -0.25) is 9.59 Å². The van der Waals surface area contributed by atoms with Gasteiger partial charge in [-0.25, -0.2) is 4.90 Å². The molecule has 0 unspecified atom stereocenters. The molecule has 3 nitrogen and oxygen atoms in total. The number of anilines is 1. The number of allylic oxidation sites excluding steroid dienone is 2. The van der Waals surface area contributed by atoms with Gasteiger partial charge in [0.1, 0.15) is 0 Å². The van der Waals surface area contributed by atoms with Crippen molar-refractivity contribution in [1.82, 2.24) is 0 Å². The van der Waals surface area contributed by atoms with Crippen LogP contribution in [0.15, 0.2) is 66.7 Å². The van der Waals surface area contributed by atoms with Crippen LogP contribution in [0.2, 0.25) is 0 Å². The lowest BCUT2D eigenvalue weighted by molar-refractivity contribution is -0.123. The maximum absolute atomic E-state index is 13.1. The topological polar surface area (TPSA) is 37.4 Å². The Labute approximate surface area is 147 Å². The van der Waals surface area contributed by atoms with E-state index in [9.17, 15) is 9.59 Å². The summed E-state index contributed by atoms with van der Waals surface area (Å²) >= 11 is 0. The summed E-state index contributed by atoms with van der Waals surface area (Å²) < 4.78 is 0. The highest BCUT2D eigenvalue weighted by atomic mass is 16.2. The lowest BCUT2D eigenvalue weighted by Crippen LogP contribution is -2.33. The van der Waals surface area contributed by atoms with Crippen LogP contribution in [-0.4, -0.2) is 11.8 Å². The zero-order valence-electron chi connectivity index (χ0n) is 13.8. The normalized spacial score (nSPS) is 29.5. The maximum atomic E-state index is 13.1. The molecule has 0 spiro atoms. The van der Waals surface area contributed by atoms with Gasteiger partial charge in [-0.2, -0.15) is 0 Å². The Morgan fingerprint density at radius 1 is 0.800 bits per heavy atom. The fourth-order valence-electron chi connectivity index (χ4n) is 4.83. The van der Waals surface area contributed by atoms with E-state index in [1.807, 2.05) is 42.5 Å². The van der Waals surface area contributed by atoms with E-state index in [2.05, 4.69) is 24.3 Å². The van der Waals surface area contributed by atoms with Crippen LogP contribution in [0, 0.1) is 23.7 Å². The first-order valence-corrected chi connectivity index (χ1v) is 8.92. The molecule has 0 N–H and O–H groups in total. The molecule has 2 aliphatic carbocycles. The summed E-state index contributed by atoms with van der Waals surface area (Å²) in [5.74, 6) is 0.190. The van der Waals surface area contributed by atoms with E-state index in [4.69, 9.17) is 0 Å². The van der Waals surface area contributed by atoms with Gasteiger partial charge in [0.15, 0.2) is 0 Å². The highest BCUT2D eigenvalue weighted by Crippen LogP contribution is 2.53. The number of hydrogen-bond donors (Lipinski definition) is 0. The van der Waals surface area contributed by atoms with Crippen LogP contribution < -0.4 is 4.90 Å². The van der Waals surface area contributed by atoms with Gasteiger partial charge in [-0.15, -0.1) is 0 Å². The monoisotopic (exact) mass is 329 g/mol. The molecule has 2 aromatic carbocycles. The summed E-state index contributed by atoms with van der Waals surface area (Å²) in [5.41, 5.74) is 2.96. The minimum Gasteiger partial charge on any atom is -0.274 e. The summed E-state index contributed by atoms with van der Waals surface area (Å²) in [5, 5.41) is 0. The van der Waals surface area contributed by atoms with Crippen molar-refractivity contribution >= 4 is 17.5 Å². The fraction of sp³-hybridized carbons (Fsp3) is 0.273. The second-order valence-corrected chi connectivity index (χ2v) is 7.30. The average Bonchev–Trinajstić information content (AvgIpc) is 3.31. The smallest absolute Gasteiger partial charge is 0.238 e. The average molecular weight is 329 g/mol. The van der Waals surface area contributed by atoms with Crippen molar-refractivity contribution in [3.8, 4) is 0 Å². The van der Waals surface area contributed by atoms with Gasteiger partial charge in [0.05, 0.1) is 17.5 Å². The second-order valence-electron chi connectivity index (χ2n) is 7.30. The van der Waals surface area contributed by atoms with E-state index in [0.717, 1.165) is 17.7 Å². The molecule has 3 aliphatic rings. The van der Waals surface area contributed by atoms with Gasteiger partial charge >= 0.3 is 0 Å². The highest BCUT2D eigenvalue weighted by Gasteiger charge is 2.59. The Kier molecular flexibility index (Phi) is 3.17. The first kappa shape index (κ1) is 14.6. The molecule has 5 rings (SSSR count). The van der Waals surface area contributed by atoms with E-state index in [1.54, 1.807) is 0 Å². The molecule has 2 aromatic rings. The maximum Gasteiger partial charge on any atom is 0.238 e. The Bertz CT molecular complexity index is 856. The van der Waals surface area contributed by atoms with Gasteiger partial charge in [-0.1, -0.05) is 60.7 Å². The molecule has 3 heteroatoms. The number of carbonyl (C=O) groups is 2. The van der Waals surface area contributed by atoms with Crippen LogP contribution in [0.3, 0.4) is 0 Å². The third-order valence-corrected chi connectivity index (χ3v) is 5.94. The van der Waals surface area contributed by atoms with Gasteiger partial charge in [-0.05, 0) is 41.9 Å². The number of benzene rings is 2. The number of amides is 2. The first-order valence-electron chi connectivity index (χ1n) is 8.92.